The third-order valence-corrected chi connectivity index (χ3v) is 4.84. The molecule has 1 heterocycles. The molecule has 1 N–H and O–H groups in total. The van der Waals surface area contributed by atoms with Crippen molar-refractivity contribution in [3.05, 3.63) is 18.2 Å². The lowest BCUT2D eigenvalue weighted by Gasteiger charge is -2.23. The van der Waals surface area contributed by atoms with Gasteiger partial charge in [-0.25, -0.2) is 8.42 Å². The third-order valence-electron chi connectivity index (χ3n) is 3.39. The molecule has 1 amide bonds. The Labute approximate surface area is 136 Å². The first kappa shape index (κ1) is 17.6. The Morgan fingerprint density at radius 1 is 1.26 bits per heavy atom. The minimum atomic E-state index is -3.33. The van der Waals surface area contributed by atoms with E-state index in [9.17, 15) is 13.2 Å². The molecule has 1 aliphatic rings. The minimum Gasteiger partial charge on any atom is -0.486 e. The summed E-state index contributed by atoms with van der Waals surface area (Å²) in [6.45, 7) is 4.68. The predicted octanol–water partition coefficient (Wildman–Crippen LogP) is 1.46. The van der Waals surface area contributed by atoms with Crippen LogP contribution in [0.15, 0.2) is 18.2 Å². The highest BCUT2D eigenvalue weighted by Crippen LogP contribution is 2.32. The van der Waals surface area contributed by atoms with E-state index in [0.717, 1.165) is 6.26 Å². The van der Waals surface area contributed by atoms with Crippen molar-refractivity contribution in [1.82, 2.24) is 4.31 Å². The molecule has 8 heteroatoms. The van der Waals surface area contributed by atoms with Crippen molar-refractivity contribution in [2.45, 2.75) is 26.3 Å². The number of hydrogen-bond acceptors (Lipinski definition) is 5. The highest BCUT2D eigenvalue weighted by molar-refractivity contribution is 7.88. The number of ether oxygens (including phenoxy) is 2. The van der Waals surface area contributed by atoms with E-state index >= 15 is 0 Å². The van der Waals surface area contributed by atoms with E-state index in [2.05, 4.69) is 5.32 Å². The van der Waals surface area contributed by atoms with E-state index in [1.54, 1.807) is 32.0 Å². The molecule has 0 aliphatic carbocycles. The molecule has 0 atom stereocenters. The molecule has 1 aromatic rings. The van der Waals surface area contributed by atoms with E-state index < -0.39 is 10.0 Å². The van der Waals surface area contributed by atoms with Gasteiger partial charge in [0.1, 0.15) is 13.2 Å². The van der Waals surface area contributed by atoms with Gasteiger partial charge in [0.15, 0.2) is 11.5 Å². The molecule has 23 heavy (non-hydrogen) atoms. The van der Waals surface area contributed by atoms with Crippen LogP contribution in [0.4, 0.5) is 5.69 Å². The normalized spacial score (nSPS) is 14.1. The first-order valence-electron chi connectivity index (χ1n) is 7.43. The molecule has 0 fully saturated rings. The van der Waals surface area contributed by atoms with E-state index in [1.165, 1.54) is 4.31 Å². The Morgan fingerprint density at radius 3 is 2.52 bits per heavy atom. The van der Waals surface area contributed by atoms with Crippen molar-refractivity contribution < 1.29 is 22.7 Å². The summed E-state index contributed by atoms with van der Waals surface area (Å²) < 4.78 is 35.5. The molecule has 0 aromatic heterocycles. The zero-order chi connectivity index (χ0) is 17.0. The van der Waals surface area contributed by atoms with Crippen molar-refractivity contribution in [2.75, 3.05) is 31.3 Å². The fourth-order valence-electron chi connectivity index (χ4n) is 2.36. The van der Waals surface area contributed by atoms with Gasteiger partial charge in [0, 0.05) is 30.8 Å². The van der Waals surface area contributed by atoms with Gasteiger partial charge in [0.05, 0.1) is 6.26 Å². The monoisotopic (exact) mass is 342 g/mol. The standard InChI is InChI=1S/C15H22N2O5S/c1-11(2)17(23(3,19)20)7-6-15(18)16-12-4-5-13-14(10-12)22-9-8-21-13/h4-5,10-11H,6-9H2,1-3H3,(H,16,18). The fraction of sp³-hybridized carbons (Fsp3) is 0.533. The Bertz CT molecular complexity index is 672. The molecule has 7 nitrogen and oxygen atoms in total. The second-order valence-corrected chi connectivity index (χ2v) is 7.56. The lowest BCUT2D eigenvalue weighted by atomic mass is 10.2. The van der Waals surface area contributed by atoms with E-state index in [4.69, 9.17) is 9.47 Å². The van der Waals surface area contributed by atoms with Crippen LogP contribution in [0, 0.1) is 0 Å². The summed E-state index contributed by atoms with van der Waals surface area (Å²) in [6.07, 6.45) is 1.23. The second kappa shape index (κ2) is 7.18. The van der Waals surface area contributed by atoms with Gasteiger partial charge in [-0.2, -0.15) is 4.31 Å². The summed E-state index contributed by atoms with van der Waals surface area (Å²) in [4.78, 5) is 12.0. The topological polar surface area (TPSA) is 84.9 Å². The number of carbonyl (C=O) groups is 1. The van der Waals surface area contributed by atoms with Crippen LogP contribution in [0.5, 0.6) is 11.5 Å². The number of anilines is 1. The summed E-state index contributed by atoms with van der Waals surface area (Å²) in [7, 11) is -3.33. The first-order chi connectivity index (χ1) is 10.8. The number of amides is 1. The Hall–Kier alpha value is -1.80. The molecule has 128 valence electrons. The van der Waals surface area contributed by atoms with Crippen LogP contribution in [-0.4, -0.2) is 50.7 Å². The number of carbonyl (C=O) groups excluding carboxylic acids is 1. The molecular weight excluding hydrogens is 320 g/mol. The maximum Gasteiger partial charge on any atom is 0.225 e. The van der Waals surface area contributed by atoms with Crippen molar-refractivity contribution in [3.63, 3.8) is 0 Å². The third kappa shape index (κ3) is 4.84. The molecule has 0 saturated carbocycles. The highest BCUT2D eigenvalue weighted by atomic mass is 32.2. The average Bonchev–Trinajstić information content (AvgIpc) is 2.45. The largest absolute Gasteiger partial charge is 0.486 e. The number of nitrogens with zero attached hydrogens (tertiary/aromatic N) is 1. The molecule has 0 saturated heterocycles. The fourth-order valence-corrected chi connectivity index (χ4v) is 3.55. The van der Waals surface area contributed by atoms with E-state index in [0.29, 0.717) is 30.4 Å². The summed E-state index contributed by atoms with van der Waals surface area (Å²) in [5, 5.41) is 2.74. The molecule has 0 radical (unpaired) electrons. The van der Waals surface area contributed by atoms with Crippen molar-refractivity contribution in [3.8, 4) is 11.5 Å². The van der Waals surface area contributed by atoms with Gasteiger partial charge in [-0.15, -0.1) is 0 Å². The molecule has 2 rings (SSSR count). The second-order valence-electron chi connectivity index (χ2n) is 5.62. The molecule has 0 unspecified atom stereocenters. The highest BCUT2D eigenvalue weighted by Gasteiger charge is 2.21. The van der Waals surface area contributed by atoms with Gasteiger partial charge in [-0.3, -0.25) is 4.79 Å². The number of fused-ring (bicyclic) bond motifs is 1. The zero-order valence-electron chi connectivity index (χ0n) is 13.5. The lowest BCUT2D eigenvalue weighted by molar-refractivity contribution is -0.116. The lowest BCUT2D eigenvalue weighted by Crippen LogP contribution is -2.38. The van der Waals surface area contributed by atoms with Crippen molar-refractivity contribution in [2.24, 2.45) is 0 Å². The van der Waals surface area contributed by atoms with Gasteiger partial charge < -0.3 is 14.8 Å². The molecular formula is C15H22N2O5S. The summed E-state index contributed by atoms with van der Waals surface area (Å²) in [5.41, 5.74) is 0.592. The van der Waals surface area contributed by atoms with Crippen LogP contribution < -0.4 is 14.8 Å². The van der Waals surface area contributed by atoms with Gasteiger partial charge >= 0.3 is 0 Å². The molecule has 0 spiro atoms. The predicted molar refractivity (Wildman–Crippen MR) is 87.4 cm³/mol. The summed E-state index contributed by atoms with van der Waals surface area (Å²) in [6, 6.07) is 4.97. The Kier molecular flexibility index (Phi) is 5.48. The minimum absolute atomic E-state index is 0.0830. The maximum absolute atomic E-state index is 12.0. The molecule has 1 aliphatic heterocycles. The van der Waals surface area contributed by atoms with Gasteiger partial charge in [0.2, 0.25) is 15.9 Å². The van der Waals surface area contributed by atoms with Crippen LogP contribution >= 0.6 is 0 Å². The average molecular weight is 342 g/mol. The van der Waals surface area contributed by atoms with Gasteiger partial charge in [-0.05, 0) is 26.0 Å². The summed E-state index contributed by atoms with van der Waals surface area (Å²) >= 11 is 0. The molecule has 1 aromatic carbocycles. The zero-order valence-corrected chi connectivity index (χ0v) is 14.4. The number of benzene rings is 1. The van der Waals surface area contributed by atoms with Crippen molar-refractivity contribution in [1.29, 1.82) is 0 Å². The molecule has 0 bridgehead atoms. The quantitative estimate of drug-likeness (QED) is 0.846. The van der Waals surface area contributed by atoms with Crippen LogP contribution in [-0.2, 0) is 14.8 Å². The Balaban J connectivity index is 1.94. The van der Waals surface area contributed by atoms with Crippen LogP contribution in [0.1, 0.15) is 20.3 Å². The number of nitrogens with one attached hydrogen (secondary N) is 1. The smallest absolute Gasteiger partial charge is 0.225 e. The number of sulfonamides is 1. The van der Waals surface area contributed by atoms with E-state index in [-0.39, 0.29) is 24.9 Å². The van der Waals surface area contributed by atoms with Crippen LogP contribution in [0.2, 0.25) is 0 Å². The van der Waals surface area contributed by atoms with Crippen LogP contribution in [0.3, 0.4) is 0 Å². The van der Waals surface area contributed by atoms with Gasteiger partial charge in [0.25, 0.3) is 0 Å². The number of hydrogen-bond donors (Lipinski definition) is 1. The Morgan fingerprint density at radius 2 is 1.91 bits per heavy atom. The van der Waals surface area contributed by atoms with Crippen LogP contribution in [0.25, 0.3) is 0 Å². The maximum atomic E-state index is 12.0. The SMILES string of the molecule is CC(C)N(CCC(=O)Nc1ccc2c(c1)OCCO2)S(C)(=O)=O. The number of rotatable bonds is 6. The summed E-state index contributed by atoms with van der Waals surface area (Å²) in [5.74, 6) is 0.988. The van der Waals surface area contributed by atoms with E-state index in [1.807, 2.05) is 0 Å². The first-order valence-corrected chi connectivity index (χ1v) is 9.28. The van der Waals surface area contributed by atoms with Crippen molar-refractivity contribution >= 4 is 21.6 Å². The van der Waals surface area contributed by atoms with Gasteiger partial charge in [-0.1, -0.05) is 0 Å².